The van der Waals surface area contributed by atoms with E-state index in [0.29, 0.717) is 13.0 Å². The summed E-state index contributed by atoms with van der Waals surface area (Å²) >= 11 is 0. The smallest absolute Gasteiger partial charge is 0.332 e. The van der Waals surface area contributed by atoms with Gasteiger partial charge >= 0.3 is 11.9 Å². The van der Waals surface area contributed by atoms with Crippen LogP contribution in [0, 0.1) is 5.92 Å². The van der Waals surface area contributed by atoms with Gasteiger partial charge in [0.25, 0.3) is 0 Å². The molecule has 0 heterocycles. The van der Waals surface area contributed by atoms with Crippen LogP contribution in [0.5, 0.6) is 0 Å². The first kappa shape index (κ1) is 17.7. The molecule has 4 nitrogen and oxygen atoms in total. The van der Waals surface area contributed by atoms with Gasteiger partial charge < -0.3 is 9.84 Å². The van der Waals surface area contributed by atoms with Gasteiger partial charge in [-0.1, -0.05) is 44.6 Å². The first-order valence-electron chi connectivity index (χ1n) is 8.17. The highest BCUT2D eigenvalue weighted by molar-refractivity contribution is 5.95. The van der Waals surface area contributed by atoms with E-state index in [2.05, 4.69) is 6.92 Å². The van der Waals surface area contributed by atoms with Crippen LogP contribution in [-0.2, 0) is 14.3 Å². The Morgan fingerprint density at radius 2 is 1.86 bits per heavy atom. The van der Waals surface area contributed by atoms with E-state index in [9.17, 15) is 14.7 Å². The van der Waals surface area contributed by atoms with Crippen LogP contribution in [0.15, 0.2) is 11.1 Å². The van der Waals surface area contributed by atoms with Crippen molar-refractivity contribution in [3.63, 3.8) is 0 Å². The quantitative estimate of drug-likeness (QED) is 0.514. The van der Waals surface area contributed by atoms with Crippen LogP contribution in [0.1, 0.15) is 71.6 Å². The molecule has 1 aliphatic carbocycles. The Morgan fingerprint density at radius 1 is 1.19 bits per heavy atom. The number of aliphatic carboxylic acids is 1. The molecule has 0 saturated carbocycles. The van der Waals surface area contributed by atoms with Crippen molar-refractivity contribution < 1.29 is 19.4 Å². The summed E-state index contributed by atoms with van der Waals surface area (Å²) in [6, 6.07) is 0. The third kappa shape index (κ3) is 5.90. The number of carbonyl (C=O) groups excluding carboxylic acids is 1. The lowest BCUT2D eigenvalue weighted by Crippen LogP contribution is -2.27. The Labute approximate surface area is 127 Å². The predicted octanol–water partition coefficient (Wildman–Crippen LogP) is 4.09. The van der Waals surface area contributed by atoms with Crippen molar-refractivity contribution >= 4 is 11.9 Å². The fourth-order valence-electron chi connectivity index (χ4n) is 2.87. The summed E-state index contributed by atoms with van der Waals surface area (Å²) in [5, 5.41) is 9.25. The average molecular weight is 296 g/mol. The van der Waals surface area contributed by atoms with Crippen LogP contribution in [0.2, 0.25) is 0 Å². The Balaban J connectivity index is 2.34. The summed E-state index contributed by atoms with van der Waals surface area (Å²) < 4.78 is 5.28. The Kier molecular flexibility index (Phi) is 8.09. The number of unbranched alkanes of at least 4 members (excludes halogenated alkanes) is 5. The highest BCUT2D eigenvalue weighted by Crippen LogP contribution is 2.31. The highest BCUT2D eigenvalue weighted by atomic mass is 16.5. The molecule has 120 valence electrons. The fraction of sp³-hybridized carbons (Fsp3) is 0.765. The molecule has 0 bridgehead atoms. The van der Waals surface area contributed by atoms with E-state index in [-0.39, 0.29) is 11.5 Å². The van der Waals surface area contributed by atoms with Crippen molar-refractivity contribution in [3.8, 4) is 0 Å². The van der Waals surface area contributed by atoms with E-state index < -0.39 is 11.9 Å². The molecule has 0 spiro atoms. The summed E-state index contributed by atoms with van der Waals surface area (Å²) in [7, 11) is 0. The minimum absolute atomic E-state index is 0.259. The zero-order valence-corrected chi connectivity index (χ0v) is 13.3. The van der Waals surface area contributed by atoms with E-state index in [4.69, 9.17) is 4.74 Å². The lowest BCUT2D eigenvalue weighted by atomic mass is 9.83. The van der Waals surface area contributed by atoms with Crippen LogP contribution < -0.4 is 0 Å². The second-order valence-corrected chi connectivity index (χ2v) is 5.88. The minimum Gasteiger partial charge on any atom is -0.478 e. The maximum absolute atomic E-state index is 12.1. The normalized spacial score (nSPS) is 18.7. The molecule has 1 unspecified atom stereocenters. The van der Waals surface area contributed by atoms with Gasteiger partial charge in [0, 0.05) is 0 Å². The Bertz CT molecular complexity index is 384. The summed E-state index contributed by atoms with van der Waals surface area (Å²) in [6.07, 6.45) is 9.04. The Morgan fingerprint density at radius 3 is 2.52 bits per heavy atom. The van der Waals surface area contributed by atoms with Gasteiger partial charge in [-0.3, -0.25) is 4.79 Å². The molecular formula is C17H28O4. The van der Waals surface area contributed by atoms with Crippen LogP contribution in [0.25, 0.3) is 0 Å². The number of carbonyl (C=O) groups is 2. The predicted molar refractivity (Wildman–Crippen MR) is 82.0 cm³/mol. The maximum Gasteiger partial charge on any atom is 0.332 e. The summed E-state index contributed by atoms with van der Waals surface area (Å²) in [5.41, 5.74) is 1.07. The van der Waals surface area contributed by atoms with E-state index in [1.54, 1.807) is 6.92 Å². The van der Waals surface area contributed by atoms with Gasteiger partial charge in [0.05, 0.1) is 18.1 Å². The first-order chi connectivity index (χ1) is 10.1. The number of carboxylic acids is 1. The molecule has 21 heavy (non-hydrogen) atoms. The molecule has 0 aliphatic heterocycles. The van der Waals surface area contributed by atoms with Crippen molar-refractivity contribution in [2.45, 2.75) is 71.6 Å². The molecular weight excluding hydrogens is 268 g/mol. The molecule has 0 aromatic heterocycles. The minimum atomic E-state index is -0.978. The van der Waals surface area contributed by atoms with Crippen LogP contribution in [0.4, 0.5) is 0 Å². The monoisotopic (exact) mass is 296 g/mol. The first-order valence-corrected chi connectivity index (χ1v) is 8.17. The zero-order chi connectivity index (χ0) is 15.7. The van der Waals surface area contributed by atoms with E-state index in [1.165, 1.54) is 25.7 Å². The number of esters is 1. The molecule has 1 rings (SSSR count). The van der Waals surface area contributed by atoms with Gasteiger partial charge in [-0.15, -0.1) is 0 Å². The standard InChI is InChI=1S/C17H28O4/c1-3-4-5-6-7-8-12-21-17(20)14-11-9-10-13(2)15(14)16(18)19/h14H,3-12H2,1-2H3,(H,18,19). The van der Waals surface area contributed by atoms with E-state index in [0.717, 1.165) is 31.3 Å². The largest absolute Gasteiger partial charge is 0.478 e. The number of allylic oxidation sites excluding steroid dienone is 1. The van der Waals surface area contributed by atoms with Gasteiger partial charge in [-0.25, -0.2) is 4.79 Å². The van der Waals surface area contributed by atoms with Crippen molar-refractivity contribution in [1.82, 2.24) is 0 Å². The molecule has 1 atom stereocenters. The lowest BCUT2D eigenvalue weighted by molar-refractivity contribution is -0.150. The Hall–Kier alpha value is -1.32. The SMILES string of the molecule is CCCCCCCCOC(=O)C1CCCC(C)=C1C(=O)O. The zero-order valence-electron chi connectivity index (χ0n) is 13.3. The lowest BCUT2D eigenvalue weighted by Gasteiger charge is -2.23. The number of carboxylic acid groups (broad SMARTS) is 1. The van der Waals surface area contributed by atoms with E-state index in [1.807, 2.05) is 0 Å². The van der Waals surface area contributed by atoms with Crippen LogP contribution in [0.3, 0.4) is 0 Å². The molecule has 0 saturated heterocycles. The van der Waals surface area contributed by atoms with Crippen molar-refractivity contribution in [2.75, 3.05) is 6.61 Å². The van der Waals surface area contributed by atoms with Gasteiger partial charge in [0.1, 0.15) is 0 Å². The van der Waals surface area contributed by atoms with Crippen LogP contribution >= 0.6 is 0 Å². The number of hydrogen-bond acceptors (Lipinski definition) is 3. The molecule has 0 fully saturated rings. The van der Waals surface area contributed by atoms with Gasteiger partial charge in [-0.05, 0) is 32.6 Å². The van der Waals surface area contributed by atoms with Gasteiger partial charge in [0.15, 0.2) is 0 Å². The van der Waals surface area contributed by atoms with Crippen molar-refractivity contribution in [3.05, 3.63) is 11.1 Å². The van der Waals surface area contributed by atoms with Gasteiger partial charge in [0.2, 0.25) is 0 Å². The molecule has 0 aromatic rings. The number of ether oxygens (including phenoxy) is 1. The molecule has 0 radical (unpaired) electrons. The van der Waals surface area contributed by atoms with E-state index >= 15 is 0 Å². The third-order valence-electron chi connectivity index (χ3n) is 4.11. The molecule has 4 heteroatoms. The second kappa shape index (κ2) is 9.59. The average Bonchev–Trinajstić information content (AvgIpc) is 2.45. The molecule has 0 aromatic carbocycles. The van der Waals surface area contributed by atoms with Crippen molar-refractivity contribution in [2.24, 2.45) is 5.92 Å². The van der Waals surface area contributed by atoms with Crippen molar-refractivity contribution in [1.29, 1.82) is 0 Å². The fourth-order valence-corrected chi connectivity index (χ4v) is 2.87. The number of rotatable bonds is 9. The van der Waals surface area contributed by atoms with Crippen LogP contribution in [-0.4, -0.2) is 23.7 Å². The molecule has 1 aliphatic rings. The third-order valence-corrected chi connectivity index (χ3v) is 4.11. The van der Waals surface area contributed by atoms with Gasteiger partial charge in [-0.2, -0.15) is 0 Å². The second-order valence-electron chi connectivity index (χ2n) is 5.88. The summed E-state index contributed by atoms with van der Waals surface area (Å²) in [4.78, 5) is 23.4. The molecule has 0 amide bonds. The summed E-state index contributed by atoms with van der Waals surface area (Å²) in [6.45, 7) is 4.39. The number of hydrogen-bond donors (Lipinski definition) is 1. The maximum atomic E-state index is 12.1. The highest BCUT2D eigenvalue weighted by Gasteiger charge is 2.32. The molecule has 1 N–H and O–H groups in total. The summed E-state index contributed by atoms with van der Waals surface area (Å²) in [5.74, 6) is -1.91. The topological polar surface area (TPSA) is 63.6 Å².